The number of hydrogen-bond acceptors (Lipinski definition) is 5. The lowest BCUT2D eigenvalue weighted by Gasteiger charge is -2.28. The Morgan fingerprint density at radius 2 is 1.87 bits per heavy atom. The topological polar surface area (TPSA) is 105 Å². The molecular weight excluding hydrogens is 480 g/mol. The van der Waals surface area contributed by atoms with Crippen LogP contribution in [-0.4, -0.2) is 72.4 Å². The van der Waals surface area contributed by atoms with E-state index >= 15 is 0 Å². The molecule has 1 fully saturated rings. The fourth-order valence-electron chi connectivity index (χ4n) is 5.38. The minimum atomic E-state index is -0.672. The normalized spacial score (nSPS) is 22.5. The van der Waals surface area contributed by atoms with E-state index in [4.69, 9.17) is 10.5 Å². The van der Waals surface area contributed by atoms with Crippen molar-refractivity contribution in [2.45, 2.75) is 43.8 Å². The highest BCUT2D eigenvalue weighted by Crippen LogP contribution is 2.23. The molecule has 0 saturated carbocycles. The van der Waals surface area contributed by atoms with Gasteiger partial charge in [-0.05, 0) is 53.8 Å². The van der Waals surface area contributed by atoms with E-state index in [1.807, 2.05) is 42.5 Å². The van der Waals surface area contributed by atoms with Crippen LogP contribution < -0.4 is 15.8 Å². The van der Waals surface area contributed by atoms with Gasteiger partial charge in [0.2, 0.25) is 11.8 Å². The fraction of sp³-hybridized carbons (Fsp3) is 0.367. The van der Waals surface area contributed by atoms with Crippen molar-refractivity contribution in [3.63, 3.8) is 0 Å². The summed E-state index contributed by atoms with van der Waals surface area (Å²) in [4.78, 5) is 42.4. The first kappa shape index (κ1) is 25.7. The first-order valence-electron chi connectivity index (χ1n) is 13.2. The molecule has 2 aliphatic heterocycles. The molecule has 3 N–H and O–H groups in total. The number of hydrogen-bond donors (Lipinski definition) is 2. The Kier molecular flexibility index (Phi) is 7.60. The van der Waals surface area contributed by atoms with Crippen molar-refractivity contribution in [1.82, 2.24) is 15.1 Å². The summed E-state index contributed by atoms with van der Waals surface area (Å²) in [6.45, 7) is 1.15. The van der Waals surface area contributed by atoms with Crippen LogP contribution in [0.2, 0.25) is 0 Å². The van der Waals surface area contributed by atoms with E-state index in [9.17, 15) is 14.4 Å². The maximum atomic E-state index is 13.3. The summed E-state index contributed by atoms with van der Waals surface area (Å²) in [5, 5.41) is 5.36. The molecule has 38 heavy (non-hydrogen) atoms. The number of ether oxygens (including phenoxy) is 1. The second-order valence-corrected chi connectivity index (χ2v) is 10.3. The SMILES string of the molecule is CN1CCC[C@H](N)C(=O)N2C[C@@H](NC(=O)Cc3ccc4ccccc4c3)C[C@H]2COc2cccc(c2)C1=O. The predicted octanol–water partition coefficient (Wildman–Crippen LogP) is 2.74. The average molecular weight is 515 g/mol. The van der Waals surface area contributed by atoms with Crippen LogP contribution in [0, 0.1) is 0 Å². The van der Waals surface area contributed by atoms with E-state index in [2.05, 4.69) is 5.32 Å². The molecular formula is C30H34N4O4. The Hall–Kier alpha value is -3.91. The lowest BCUT2D eigenvalue weighted by Crippen LogP contribution is -2.48. The third kappa shape index (κ3) is 5.81. The average Bonchev–Trinajstić information content (AvgIpc) is 3.32. The number of benzene rings is 3. The molecule has 8 nitrogen and oxygen atoms in total. The number of carbonyl (C=O) groups is 3. The Morgan fingerprint density at radius 1 is 1.05 bits per heavy atom. The second kappa shape index (κ2) is 11.2. The number of nitrogens with one attached hydrogen (secondary N) is 1. The minimum absolute atomic E-state index is 0.0799. The molecule has 0 radical (unpaired) electrons. The summed E-state index contributed by atoms with van der Waals surface area (Å²) in [7, 11) is 1.75. The monoisotopic (exact) mass is 514 g/mol. The molecule has 2 aliphatic rings. The van der Waals surface area contributed by atoms with Crippen molar-refractivity contribution < 1.29 is 19.1 Å². The van der Waals surface area contributed by atoms with Gasteiger partial charge in [0.1, 0.15) is 12.4 Å². The molecule has 8 heteroatoms. The number of nitrogens with two attached hydrogens (primary N) is 1. The van der Waals surface area contributed by atoms with Gasteiger partial charge in [-0.25, -0.2) is 0 Å². The smallest absolute Gasteiger partial charge is 0.253 e. The zero-order chi connectivity index (χ0) is 26.6. The van der Waals surface area contributed by atoms with Crippen LogP contribution in [0.5, 0.6) is 5.75 Å². The highest BCUT2D eigenvalue weighted by Gasteiger charge is 2.38. The van der Waals surface area contributed by atoms with Gasteiger partial charge in [-0.3, -0.25) is 14.4 Å². The van der Waals surface area contributed by atoms with Crippen LogP contribution >= 0.6 is 0 Å². The third-order valence-corrected chi connectivity index (χ3v) is 7.44. The van der Waals surface area contributed by atoms with E-state index in [0.29, 0.717) is 43.7 Å². The Bertz CT molecular complexity index is 1340. The van der Waals surface area contributed by atoms with Crippen LogP contribution in [0.3, 0.4) is 0 Å². The predicted molar refractivity (Wildman–Crippen MR) is 146 cm³/mol. The van der Waals surface area contributed by atoms with E-state index < -0.39 is 6.04 Å². The molecule has 2 heterocycles. The maximum absolute atomic E-state index is 13.3. The molecule has 3 atom stereocenters. The van der Waals surface area contributed by atoms with Gasteiger partial charge >= 0.3 is 0 Å². The first-order valence-corrected chi connectivity index (χ1v) is 13.2. The van der Waals surface area contributed by atoms with Gasteiger partial charge in [-0.15, -0.1) is 0 Å². The summed E-state index contributed by atoms with van der Waals surface area (Å²) in [6.07, 6.45) is 1.93. The van der Waals surface area contributed by atoms with E-state index in [-0.39, 0.29) is 42.8 Å². The van der Waals surface area contributed by atoms with Crippen molar-refractivity contribution >= 4 is 28.5 Å². The van der Waals surface area contributed by atoms with E-state index in [0.717, 1.165) is 16.3 Å². The largest absolute Gasteiger partial charge is 0.491 e. The van der Waals surface area contributed by atoms with E-state index in [1.54, 1.807) is 41.1 Å². The van der Waals surface area contributed by atoms with Crippen LogP contribution in [0.4, 0.5) is 0 Å². The van der Waals surface area contributed by atoms with E-state index in [1.165, 1.54) is 0 Å². The summed E-state index contributed by atoms with van der Waals surface area (Å²) in [5.41, 5.74) is 7.80. The quantitative estimate of drug-likeness (QED) is 0.559. The van der Waals surface area contributed by atoms with Crippen LogP contribution in [0.1, 0.15) is 35.2 Å². The number of rotatable bonds is 3. The molecule has 3 aromatic carbocycles. The van der Waals surface area contributed by atoms with Gasteiger partial charge in [0.05, 0.1) is 18.5 Å². The molecule has 0 unspecified atom stereocenters. The number of carbonyl (C=O) groups excluding carboxylic acids is 3. The Balaban J connectivity index is 1.28. The van der Waals surface area contributed by atoms with Crippen LogP contribution in [0.15, 0.2) is 66.7 Å². The molecule has 3 aromatic rings. The van der Waals surface area contributed by atoms with Crippen molar-refractivity contribution in [2.24, 2.45) is 5.73 Å². The third-order valence-electron chi connectivity index (χ3n) is 7.44. The number of fused-ring (bicyclic) bond motifs is 4. The minimum Gasteiger partial charge on any atom is -0.491 e. The molecule has 2 bridgehead atoms. The summed E-state index contributed by atoms with van der Waals surface area (Å²) < 4.78 is 6.04. The zero-order valence-corrected chi connectivity index (χ0v) is 21.6. The van der Waals surface area contributed by atoms with Crippen molar-refractivity contribution in [1.29, 1.82) is 0 Å². The second-order valence-electron chi connectivity index (χ2n) is 10.3. The Labute approximate surface area is 222 Å². The lowest BCUT2D eigenvalue weighted by atomic mass is 10.0. The van der Waals surface area contributed by atoms with Crippen molar-refractivity contribution in [3.8, 4) is 5.75 Å². The molecule has 5 rings (SSSR count). The maximum Gasteiger partial charge on any atom is 0.253 e. The first-order chi connectivity index (χ1) is 18.4. The standard InChI is InChI=1S/C30H34N4O4/c1-33-13-5-10-27(31)30(37)34-18-24(17-25(34)19-38-26-9-4-8-23(16-26)29(33)36)32-28(35)15-20-11-12-21-6-2-3-7-22(21)14-20/h2-4,6-9,11-12,14,16,24-25,27H,5,10,13,15,17-19,31H2,1H3,(H,32,35)/t24-,25-,27-/m0/s1. The highest BCUT2D eigenvalue weighted by atomic mass is 16.5. The number of nitrogens with zero attached hydrogens (tertiary/aromatic N) is 2. The van der Waals surface area contributed by atoms with Gasteiger partial charge in [0.25, 0.3) is 5.91 Å². The van der Waals surface area contributed by atoms with Gasteiger partial charge in [-0.2, -0.15) is 0 Å². The van der Waals surface area contributed by atoms with Crippen LogP contribution in [0.25, 0.3) is 10.8 Å². The van der Waals surface area contributed by atoms with Gasteiger partial charge in [0, 0.05) is 31.7 Å². The summed E-state index contributed by atoms with van der Waals surface area (Å²) in [5.74, 6) is 0.249. The zero-order valence-electron chi connectivity index (χ0n) is 21.6. The van der Waals surface area contributed by atoms with Crippen LogP contribution in [-0.2, 0) is 16.0 Å². The summed E-state index contributed by atoms with van der Waals surface area (Å²) in [6, 6.07) is 20.1. The fourth-order valence-corrected chi connectivity index (χ4v) is 5.38. The molecule has 0 spiro atoms. The highest BCUT2D eigenvalue weighted by molar-refractivity contribution is 5.94. The molecule has 0 aliphatic carbocycles. The van der Waals surface area contributed by atoms with Crippen molar-refractivity contribution in [2.75, 3.05) is 26.7 Å². The van der Waals surface area contributed by atoms with Gasteiger partial charge < -0.3 is 25.6 Å². The van der Waals surface area contributed by atoms with Gasteiger partial charge in [0.15, 0.2) is 0 Å². The van der Waals surface area contributed by atoms with Crippen molar-refractivity contribution in [3.05, 3.63) is 77.9 Å². The molecule has 3 amide bonds. The van der Waals surface area contributed by atoms with Gasteiger partial charge in [-0.1, -0.05) is 48.5 Å². The number of amides is 3. The Morgan fingerprint density at radius 3 is 2.71 bits per heavy atom. The summed E-state index contributed by atoms with van der Waals surface area (Å²) >= 11 is 0. The molecule has 198 valence electrons. The molecule has 1 saturated heterocycles. The lowest BCUT2D eigenvalue weighted by molar-refractivity contribution is -0.134. The molecule has 0 aromatic heterocycles.